The Bertz CT molecular complexity index is 645. The van der Waals surface area contributed by atoms with Gasteiger partial charge in [0.15, 0.2) is 11.5 Å². The zero-order valence-corrected chi connectivity index (χ0v) is 15.3. The maximum Gasteiger partial charge on any atom is 0.227 e. The van der Waals surface area contributed by atoms with Crippen LogP contribution < -0.4 is 14.2 Å². The second-order valence-electron chi connectivity index (χ2n) is 5.36. The van der Waals surface area contributed by atoms with Crippen LogP contribution in [-0.4, -0.2) is 45.7 Å². The average Bonchev–Trinajstić information content (AvgIpc) is 3.11. The molecule has 0 fully saturated rings. The first-order chi connectivity index (χ1) is 11.6. The minimum absolute atomic E-state index is 0.116. The average molecular weight is 349 g/mol. The van der Waals surface area contributed by atoms with Crippen LogP contribution >= 0.6 is 11.3 Å². The normalized spacial score (nSPS) is 10.3. The number of hydrogen-bond acceptors (Lipinski definition) is 5. The molecule has 1 aromatic carbocycles. The molecule has 6 heteroatoms. The van der Waals surface area contributed by atoms with Crippen LogP contribution in [0.2, 0.25) is 0 Å². The lowest BCUT2D eigenvalue weighted by Gasteiger charge is -2.18. The number of nitrogens with zero attached hydrogens (tertiary/aromatic N) is 1. The standard InChI is InChI=1S/C18H23NO4S/c1-19(17(20)12-14-6-5-9-24-14)8-7-13-10-15(21-2)18(23-4)16(11-13)22-3/h5-6,9-11H,7-8,12H2,1-4H3. The molecule has 0 spiro atoms. The molecule has 0 N–H and O–H groups in total. The third kappa shape index (κ3) is 4.41. The minimum Gasteiger partial charge on any atom is -0.493 e. The first-order valence-corrected chi connectivity index (χ1v) is 8.52. The molecule has 1 amide bonds. The lowest BCUT2D eigenvalue weighted by molar-refractivity contribution is -0.129. The van der Waals surface area contributed by atoms with Crippen LogP contribution in [0.3, 0.4) is 0 Å². The lowest BCUT2D eigenvalue weighted by atomic mass is 10.1. The zero-order chi connectivity index (χ0) is 17.5. The van der Waals surface area contributed by atoms with Gasteiger partial charge < -0.3 is 19.1 Å². The number of ether oxygens (including phenoxy) is 3. The first-order valence-electron chi connectivity index (χ1n) is 7.64. The van der Waals surface area contributed by atoms with Gasteiger partial charge in [-0.2, -0.15) is 0 Å². The van der Waals surface area contributed by atoms with Crippen molar-refractivity contribution >= 4 is 17.2 Å². The Hall–Kier alpha value is -2.21. The molecule has 5 nitrogen and oxygen atoms in total. The highest BCUT2D eigenvalue weighted by atomic mass is 32.1. The van der Waals surface area contributed by atoms with Gasteiger partial charge in [0.2, 0.25) is 11.7 Å². The highest BCUT2D eigenvalue weighted by Crippen LogP contribution is 2.38. The molecule has 0 aliphatic carbocycles. The van der Waals surface area contributed by atoms with E-state index in [-0.39, 0.29) is 5.91 Å². The molecule has 2 rings (SSSR count). The molecule has 0 unspecified atom stereocenters. The van der Waals surface area contributed by atoms with Crippen LogP contribution in [0, 0.1) is 0 Å². The van der Waals surface area contributed by atoms with E-state index in [1.807, 2.05) is 36.7 Å². The molecule has 0 aliphatic rings. The minimum atomic E-state index is 0.116. The molecule has 1 heterocycles. The fourth-order valence-electron chi connectivity index (χ4n) is 2.40. The number of rotatable bonds is 8. The molecule has 1 aromatic heterocycles. The topological polar surface area (TPSA) is 48.0 Å². The summed E-state index contributed by atoms with van der Waals surface area (Å²) in [6.07, 6.45) is 1.16. The van der Waals surface area contributed by atoms with Crippen molar-refractivity contribution in [3.05, 3.63) is 40.1 Å². The molecule has 130 valence electrons. The number of methoxy groups -OCH3 is 3. The van der Waals surface area contributed by atoms with Crippen molar-refractivity contribution in [1.82, 2.24) is 4.90 Å². The van der Waals surface area contributed by atoms with Crippen LogP contribution in [0.5, 0.6) is 17.2 Å². The molecule has 2 aromatic rings. The number of carbonyl (C=O) groups excluding carboxylic acids is 1. The van der Waals surface area contributed by atoms with Crippen LogP contribution in [0.15, 0.2) is 29.6 Å². The van der Waals surface area contributed by atoms with Gasteiger partial charge in [-0.1, -0.05) is 6.07 Å². The van der Waals surface area contributed by atoms with Crippen molar-refractivity contribution < 1.29 is 19.0 Å². The third-order valence-electron chi connectivity index (χ3n) is 3.79. The summed E-state index contributed by atoms with van der Waals surface area (Å²) in [5.74, 6) is 1.94. The fraction of sp³-hybridized carbons (Fsp3) is 0.389. The molecular weight excluding hydrogens is 326 g/mol. The van der Waals surface area contributed by atoms with Gasteiger partial charge >= 0.3 is 0 Å². The van der Waals surface area contributed by atoms with Crippen LogP contribution in [0.1, 0.15) is 10.4 Å². The Labute approximate surface area is 146 Å². The highest BCUT2D eigenvalue weighted by molar-refractivity contribution is 7.10. The highest BCUT2D eigenvalue weighted by Gasteiger charge is 2.15. The summed E-state index contributed by atoms with van der Waals surface area (Å²) >= 11 is 1.60. The van der Waals surface area contributed by atoms with Crippen LogP contribution in [0.25, 0.3) is 0 Å². The monoisotopic (exact) mass is 349 g/mol. The summed E-state index contributed by atoms with van der Waals surface area (Å²) in [5, 5.41) is 1.98. The van der Waals surface area contributed by atoms with E-state index in [0.717, 1.165) is 10.4 Å². The number of thiophene rings is 1. The lowest BCUT2D eigenvalue weighted by Crippen LogP contribution is -2.30. The Morgan fingerprint density at radius 2 is 1.79 bits per heavy atom. The predicted octanol–water partition coefficient (Wildman–Crippen LogP) is 3.02. The van der Waals surface area contributed by atoms with Gasteiger partial charge in [-0.25, -0.2) is 0 Å². The van der Waals surface area contributed by atoms with E-state index >= 15 is 0 Å². The molecule has 0 saturated heterocycles. The smallest absolute Gasteiger partial charge is 0.227 e. The van der Waals surface area contributed by atoms with E-state index < -0.39 is 0 Å². The quantitative estimate of drug-likeness (QED) is 0.735. The summed E-state index contributed by atoms with van der Waals surface area (Å²) < 4.78 is 16.0. The van der Waals surface area contributed by atoms with Crippen molar-refractivity contribution in [1.29, 1.82) is 0 Å². The van der Waals surface area contributed by atoms with Gasteiger partial charge in [-0.3, -0.25) is 4.79 Å². The molecule has 0 aliphatic heterocycles. The molecule has 24 heavy (non-hydrogen) atoms. The fourth-order valence-corrected chi connectivity index (χ4v) is 3.09. The number of hydrogen-bond donors (Lipinski definition) is 0. The van der Waals surface area contributed by atoms with Crippen molar-refractivity contribution in [2.24, 2.45) is 0 Å². The van der Waals surface area contributed by atoms with E-state index in [0.29, 0.717) is 36.6 Å². The molecule has 0 radical (unpaired) electrons. The van der Waals surface area contributed by atoms with Crippen molar-refractivity contribution in [2.45, 2.75) is 12.8 Å². The van der Waals surface area contributed by atoms with E-state index in [2.05, 4.69) is 0 Å². The molecule has 0 saturated carbocycles. The van der Waals surface area contributed by atoms with Crippen molar-refractivity contribution in [2.75, 3.05) is 34.9 Å². The van der Waals surface area contributed by atoms with Gasteiger partial charge in [0, 0.05) is 18.5 Å². The summed E-state index contributed by atoms with van der Waals surface area (Å²) in [4.78, 5) is 15.1. The molecule has 0 atom stereocenters. The van der Waals surface area contributed by atoms with E-state index in [1.54, 1.807) is 37.6 Å². The summed E-state index contributed by atoms with van der Waals surface area (Å²) in [7, 11) is 6.60. The second-order valence-corrected chi connectivity index (χ2v) is 6.39. The third-order valence-corrected chi connectivity index (χ3v) is 4.67. The Morgan fingerprint density at radius 3 is 2.29 bits per heavy atom. The SMILES string of the molecule is COc1cc(CCN(C)C(=O)Cc2cccs2)cc(OC)c1OC. The van der Waals surface area contributed by atoms with Gasteiger partial charge in [0.1, 0.15) is 0 Å². The van der Waals surface area contributed by atoms with Crippen LogP contribution in [-0.2, 0) is 17.6 Å². The maximum absolute atomic E-state index is 12.2. The van der Waals surface area contributed by atoms with E-state index in [1.165, 1.54) is 0 Å². The van der Waals surface area contributed by atoms with Crippen molar-refractivity contribution in [3.63, 3.8) is 0 Å². The second kappa shape index (κ2) is 8.59. The van der Waals surface area contributed by atoms with Crippen LogP contribution in [0.4, 0.5) is 0 Å². The zero-order valence-electron chi connectivity index (χ0n) is 14.5. The Kier molecular flexibility index (Phi) is 6.49. The summed E-state index contributed by atoms with van der Waals surface area (Å²) in [6.45, 7) is 0.628. The first kappa shape index (κ1) is 18.1. The summed E-state index contributed by atoms with van der Waals surface area (Å²) in [5.41, 5.74) is 1.03. The van der Waals surface area contributed by atoms with Gasteiger partial charge in [-0.05, 0) is 35.6 Å². The Balaban J connectivity index is 2.01. The number of benzene rings is 1. The van der Waals surface area contributed by atoms with Crippen molar-refractivity contribution in [3.8, 4) is 17.2 Å². The molecule has 0 bridgehead atoms. The largest absolute Gasteiger partial charge is 0.493 e. The summed E-state index contributed by atoms with van der Waals surface area (Å²) in [6, 6.07) is 7.77. The van der Waals surface area contributed by atoms with Gasteiger partial charge in [0.05, 0.1) is 27.8 Å². The Morgan fingerprint density at radius 1 is 1.12 bits per heavy atom. The van der Waals surface area contributed by atoms with Gasteiger partial charge in [0.25, 0.3) is 0 Å². The van der Waals surface area contributed by atoms with Gasteiger partial charge in [-0.15, -0.1) is 11.3 Å². The van der Waals surface area contributed by atoms with E-state index in [4.69, 9.17) is 14.2 Å². The van der Waals surface area contributed by atoms with E-state index in [9.17, 15) is 4.79 Å². The predicted molar refractivity (Wildman–Crippen MR) is 95.5 cm³/mol. The number of likely N-dealkylation sites (N-methyl/N-ethyl adjacent to an activating group) is 1. The maximum atomic E-state index is 12.2. The number of amides is 1. The molecular formula is C18H23NO4S. The number of carbonyl (C=O) groups is 1.